The third-order valence-corrected chi connectivity index (χ3v) is 3.15. The molecule has 2 atom stereocenters. The standard InChI is InChI=1S/C13H22N4O/c1-4-14-5-12-6-16-13(7-15-12)17-8-11(3)18-9-10(17)2/h6-7,10-11,14H,4-5,8-9H2,1-3H3. The molecule has 2 rings (SSSR count). The molecule has 0 aromatic carbocycles. The van der Waals surface area contributed by atoms with Gasteiger partial charge in [-0.25, -0.2) is 4.98 Å². The van der Waals surface area contributed by atoms with E-state index in [0.29, 0.717) is 6.04 Å². The van der Waals surface area contributed by atoms with E-state index in [-0.39, 0.29) is 6.10 Å². The Morgan fingerprint density at radius 1 is 1.39 bits per heavy atom. The summed E-state index contributed by atoms with van der Waals surface area (Å²) in [6.07, 6.45) is 3.97. The lowest BCUT2D eigenvalue weighted by Gasteiger charge is -2.37. The van der Waals surface area contributed by atoms with Gasteiger partial charge in [0.05, 0.1) is 36.8 Å². The summed E-state index contributed by atoms with van der Waals surface area (Å²) in [6.45, 7) is 9.68. The van der Waals surface area contributed by atoms with Crippen LogP contribution in [0.1, 0.15) is 26.5 Å². The Morgan fingerprint density at radius 3 is 2.89 bits per heavy atom. The van der Waals surface area contributed by atoms with Crippen LogP contribution >= 0.6 is 0 Å². The highest BCUT2D eigenvalue weighted by molar-refractivity contribution is 5.38. The Bertz CT molecular complexity index is 368. The van der Waals surface area contributed by atoms with Crippen LogP contribution in [-0.2, 0) is 11.3 Å². The molecule has 0 saturated carbocycles. The van der Waals surface area contributed by atoms with E-state index in [1.807, 2.05) is 12.4 Å². The van der Waals surface area contributed by atoms with E-state index >= 15 is 0 Å². The van der Waals surface area contributed by atoms with E-state index in [1.54, 1.807) is 0 Å². The SMILES string of the molecule is CCNCc1cnc(N2CC(C)OCC2C)cn1. The summed E-state index contributed by atoms with van der Waals surface area (Å²) in [7, 11) is 0. The number of hydrogen-bond acceptors (Lipinski definition) is 5. The lowest BCUT2D eigenvalue weighted by molar-refractivity contribution is 0.0340. The molecule has 1 N–H and O–H groups in total. The molecule has 18 heavy (non-hydrogen) atoms. The van der Waals surface area contributed by atoms with Crippen LogP contribution in [0.15, 0.2) is 12.4 Å². The Kier molecular flexibility index (Phi) is 4.49. The smallest absolute Gasteiger partial charge is 0.147 e. The van der Waals surface area contributed by atoms with Crippen molar-refractivity contribution in [2.24, 2.45) is 0 Å². The molecular formula is C13H22N4O. The van der Waals surface area contributed by atoms with Gasteiger partial charge in [0.25, 0.3) is 0 Å². The van der Waals surface area contributed by atoms with Gasteiger partial charge in [-0.2, -0.15) is 0 Å². The molecule has 100 valence electrons. The van der Waals surface area contributed by atoms with Crippen LogP contribution < -0.4 is 10.2 Å². The highest BCUT2D eigenvalue weighted by Crippen LogP contribution is 2.18. The molecule has 0 amide bonds. The van der Waals surface area contributed by atoms with E-state index in [4.69, 9.17) is 4.74 Å². The molecule has 1 fully saturated rings. The number of rotatable bonds is 4. The van der Waals surface area contributed by atoms with Crippen LogP contribution in [0.25, 0.3) is 0 Å². The molecule has 5 heteroatoms. The summed E-state index contributed by atoms with van der Waals surface area (Å²) in [5.41, 5.74) is 0.981. The van der Waals surface area contributed by atoms with Crippen LogP contribution in [0.2, 0.25) is 0 Å². The first-order valence-corrected chi connectivity index (χ1v) is 6.60. The average Bonchev–Trinajstić information content (AvgIpc) is 2.40. The highest BCUT2D eigenvalue weighted by Gasteiger charge is 2.24. The van der Waals surface area contributed by atoms with Gasteiger partial charge in [-0.15, -0.1) is 0 Å². The zero-order chi connectivity index (χ0) is 13.0. The molecule has 2 unspecified atom stereocenters. The van der Waals surface area contributed by atoms with Crippen LogP contribution in [0.4, 0.5) is 5.82 Å². The first-order chi connectivity index (χ1) is 8.70. The normalized spacial score (nSPS) is 24.3. The molecule has 0 aliphatic carbocycles. The number of morpholine rings is 1. The summed E-state index contributed by atoms with van der Waals surface area (Å²) in [6, 6.07) is 0.357. The number of aromatic nitrogens is 2. The fourth-order valence-electron chi connectivity index (χ4n) is 2.06. The first-order valence-electron chi connectivity index (χ1n) is 6.60. The second kappa shape index (κ2) is 6.11. The third kappa shape index (κ3) is 3.17. The third-order valence-electron chi connectivity index (χ3n) is 3.15. The summed E-state index contributed by atoms with van der Waals surface area (Å²) >= 11 is 0. The van der Waals surface area contributed by atoms with E-state index in [1.165, 1.54) is 0 Å². The van der Waals surface area contributed by atoms with Crippen molar-refractivity contribution >= 4 is 5.82 Å². The molecule has 1 aromatic rings. The molecule has 0 spiro atoms. The van der Waals surface area contributed by atoms with Crippen molar-refractivity contribution in [2.75, 3.05) is 24.6 Å². The maximum Gasteiger partial charge on any atom is 0.147 e. The van der Waals surface area contributed by atoms with Crippen molar-refractivity contribution in [1.82, 2.24) is 15.3 Å². The number of nitrogens with one attached hydrogen (secondary N) is 1. The van der Waals surface area contributed by atoms with Gasteiger partial charge in [-0.3, -0.25) is 4.98 Å². The Hall–Kier alpha value is -1.20. The topological polar surface area (TPSA) is 50.3 Å². The van der Waals surface area contributed by atoms with Crippen LogP contribution in [0.5, 0.6) is 0 Å². The number of hydrogen-bond donors (Lipinski definition) is 1. The maximum absolute atomic E-state index is 5.62. The van der Waals surface area contributed by atoms with Gasteiger partial charge >= 0.3 is 0 Å². The number of anilines is 1. The van der Waals surface area contributed by atoms with Gasteiger partial charge in [0.1, 0.15) is 5.82 Å². The zero-order valence-electron chi connectivity index (χ0n) is 11.4. The van der Waals surface area contributed by atoms with Crippen LogP contribution in [-0.4, -0.2) is 41.8 Å². The minimum Gasteiger partial charge on any atom is -0.375 e. The van der Waals surface area contributed by atoms with E-state index < -0.39 is 0 Å². The van der Waals surface area contributed by atoms with E-state index in [9.17, 15) is 0 Å². The Morgan fingerprint density at radius 2 is 2.22 bits per heavy atom. The van der Waals surface area contributed by atoms with Gasteiger partial charge in [-0.1, -0.05) is 6.92 Å². The van der Waals surface area contributed by atoms with Crippen LogP contribution in [0, 0.1) is 0 Å². The van der Waals surface area contributed by atoms with Crippen molar-refractivity contribution in [3.05, 3.63) is 18.1 Å². The fraction of sp³-hybridized carbons (Fsp3) is 0.692. The zero-order valence-corrected chi connectivity index (χ0v) is 11.4. The Labute approximate surface area is 109 Å². The molecule has 0 radical (unpaired) electrons. The largest absolute Gasteiger partial charge is 0.375 e. The molecule has 2 heterocycles. The van der Waals surface area contributed by atoms with Crippen molar-refractivity contribution < 1.29 is 4.74 Å². The molecule has 1 aliphatic heterocycles. The summed E-state index contributed by atoms with van der Waals surface area (Å²) in [4.78, 5) is 11.2. The second-order valence-corrected chi connectivity index (χ2v) is 4.79. The van der Waals surface area contributed by atoms with Gasteiger partial charge in [0.2, 0.25) is 0 Å². The minimum absolute atomic E-state index is 0.254. The lowest BCUT2D eigenvalue weighted by Crippen LogP contribution is -2.47. The van der Waals surface area contributed by atoms with E-state index in [2.05, 4.69) is 41.0 Å². The number of ether oxygens (including phenoxy) is 1. The summed E-state index contributed by atoms with van der Waals surface area (Å²) < 4.78 is 5.62. The van der Waals surface area contributed by atoms with E-state index in [0.717, 1.165) is 37.8 Å². The minimum atomic E-state index is 0.254. The fourth-order valence-corrected chi connectivity index (χ4v) is 2.06. The molecule has 1 aromatic heterocycles. The summed E-state index contributed by atoms with van der Waals surface area (Å²) in [5, 5.41) is 3.24. The van der Waals surface area contributed by atoms with Gasteiger partial charge < -0.3 is 15.0 Å². The van der Waals surface area contributed by atoms with Crippen molar-refractivity contribution in [3.8, 4) is 0 Å². The molecule has 5 nitrogen and oxygen atoms in total. The number of nitrogens with zero attached hydrogens (tertiary/aromatic N) is 3. The van der Waals surface area contributed by atoms with Crippen molar-refractivity contribution in [1.29, 1.82) is 0 Å². The maximum atomic E-state index is 5.62. The van der Waals surface area contributed by atoms with Crippen molar-refractivity contribution in [2.45, 2.75) is 39.5 Å². The molecule has 1 saturated heterocycles. The monoisotopic (exact) mass is 250 g/mol. The second-order valence-electron chi connectivity index (χ2n) is 4.79. The predicted molar refractivity (Wildman–Crippen MR) is 71.6 cm³/mol. The Balaban J connectivity index is 2.03. The van der Waals surface area contributed by atoms with Gasteiger partial charge in [0, 0.05) is 13.1 Å². The molecular weight excluding hydrogens is 228 g/mol. The average molecular weight is 250 g/mol. The predicted octanol–water partition coefficient (Wildman–Crippen LogP) is 1.20. The molecule has 1 aliphatic rings. The molecule has 0 bridgehead atoms. The summed E-state index contributed by atoms with van der Waals surface area (Å²) in [5.74, 6) is 0.942. The van der Waals surface area contributed by atoms with Crippen molar-refractivity contribution in [3.63, 3.8) is 0 Å². The van der Waals surface area contributed by atoms with Gasteiger partial charge in [0.15, 0.2) is 0 Å². The van der Waals surface area contributed by atoms with Crippen LogP contribution in [0.3, 0.4) is 0 Å². The lowest BCUT2D eigenvalue weighted by atomic mass is 10.2. The first kappa shape index (κ1) is 13.2. The quantitative estimate of drug-likeness (QED) is 0.870. The highest BCUT2D eigenvalue weighted by atomic mass is 16.5. The van der Waals surface area contributed by atoms with Gasteiger partial charge in [-0.05, 0) is 20.4 Å².